The van der Waals surface area contributed by atoms with E-state index in [1.807, 2.05) is 6.92 Å². The minimum absolute atomic E-state index is 0.0230. The molecule has 0 heterocycles. The molecule has 0 spiro atoms. The Hall–Kier alpha value is -0.610. The first kappa shape index (κ1) is 18.4. The maximum absolute atomic E-state index is 12.0. The fourth-order valence-electron chi connectivity index (χ4n) is 1.91. The van der Waals surface area contributed by atoms with Crippen molar-refractivity contribution < 1.29 is 9.90 Å². The van der Waals surface area contributed by atoms with Crippen LogP contribution in [-0.2, 0) is 4.79 Å². The van der Waals surface area contributed by atoms with Gasteiger partial charge in [0.1, 0.15) is 0 Å². The number of carbonyl (C=O) groups is 1. The minimum Gasteiger partial charge on any atom is -0.396 e. The third-order valence-corrected chi connectivity index (χ3v) is 3.33. The number of aliphatic hydroxyl groups excluding tert-OH is 1. The van der Waals surface area contributed by atoms with E-state index in [1.165, 1.54) is 0 Å². The van der Waals surface area contributed by atoms with Crippen molar-refractivity contribution in [3.8, 4) is 0 Å². The van der Waals surface area contributed by atoms with Crippen LogP contribution >= 0.6 is 0 Å². The summed E-state index contributed by atoms with van der Waals surface area (Å²) in [6.07, 6.45) is 1.66. The van der Waals surface area contributed by atoms with Crippen LogP contribution in [0.15, 0.2) is 0 Å². The van der Waals surface area contributed by atoms with E-state index < -0.39 is 0 Å². The molecule has 1 amide bonds. The molecule has 0 aliphatic carbocycles. The number of carbonyl (C=O) groups excluding carboxylic acids is 1. The lowest BCUT2D eigenvalue weighted by atomic mass is 9.84. The Bertz CT molecular complexity index is 259. The normalized spacial score (nSPS) is 15.4. The van der Waals surface area contributed by atoms with Gasteiger partial charge in [-0.2, -0.15) is 0 Å². The van der Waals surface area contributed by atoms with Crippen molar-refractivity contribution in [2.75, 3.05) is 13.2 Å². The van der Waals surface area contributed by atoms with E-state index in [9.17, 15) is 4.79 Å². The molecule has 0 aromatic carbocycles. The highest BCUT2D eigenvalue weighted by Gasteiger charge is 2.27. The highest BCUT2D eigenvalue weighted by molar-refractivity contribution is 5.81. The summed E-state index contributed by atoms with van der Waals surface area (Å²) in [6, 6.07) is -0.105. The maximum atomic E-state index is 12.0. The van der Waals surface area contributed by atoms with Crippen molar-refractivity contribution in [2.24, 2.45) is 11.3 Å². The number of hydrogen-bond donors (Lipinski definition) is 3. The predicted octanol–water partition coefficient (Wildman–Crippen LogP) is 1.92. The lowest BCUT2D eigenvalue weighted by Crippen LogP contribution is -2.51. The van der Waals surface area contributed by atoms with Crippen LogP contribution in [0.5, 0.6) is 0 Å². The topological polar surface area (TPSA) is 61.4 Å². The highest BCUT2D eigenvalue weighted by atomic mass is 16.3. The highest BCUT2D eigenvalue weighted by Crippen LogP contribution is 2.22. The molecule has 0 aromatic rings. The molecule has 4 nitrogen and oxygen atoms in total. The van der Waals surface area contributed by atoms with Gasteiger partial charge >= 0.3 is 0 Å². The van der Waals surface area contributed by atoms with Gasteiger partial charge in [-0.25, -0.2) is 0 Å². The van der Waals surface area contributed by atoms with Gasteiger partial charge in [0, 0.05) is 19.2 Å². The molecule has 0 aliphatic rings. The van der Waals surface area contributed by atoms with E-state index in [4.69, 9.17) is 5.11 Å². The third-order valence-electron chi connectivity index (χ3n) is 3.33. The molecule has 0 bridgehead atoms. The summed E-state index contributed by atoms with van der Waals surface area (Å²) in [6.45, 7) is 13.4. The molecule has 0 rings (SSSR count). The number of rotatable bonds is 8. The second kappa shape index (κ2) is 8.54. The molecule has 2 atom stereocenters. The van der Waals surface area contributed by atoms with Crippen molar-refractivity contribution in [3.63, 3.8) is 0 Å². The summed E-state index contributed by atoms with van der Waals surface area (Å²) >= 11 is 0. The standard InChI is InChI=1S/C15H32N2O2/c1-11(2)7-9-16-14(19)12(3)17-13(8-10-18)15(4,5)6/h11-13,17-18H,7-10H2,1-6H3,(H,16,19). The maximum Gasteiger partial charge on any atom is 0.236 e. The van der Waals surface area contributed by atoms with Crippen molar-refractivity contribution in [1.82, 2.24) is 10.6 Å². The second-order valence-corrected chi connectivity index (χ2v) is 6.79. The first-order valence-corrected chi connectivity index (χ1v) is 7.33. The molecule has 0 radical (unpaired) electrons. The van der Waals surface area contributed by atoms with Gasteiger partial charge in [0.25, 0.3) is 0 Å². The van der Waals surface area contributed by atoms with E-state index in [-0.39, 0.29) is 30.0 Å². The van der Waals surface area contributed by atoms with Gasteiger partial charge in [-0.05, 0) is 31.1 Å². The van der Waals surface area contributed by atoms with Crippen LogP contribution in [0.2, 0.25) is 0 Å². The van der Waals surface area contributed by atoms with Crippen molar-refractivity contribution in [1.29, 1.82) is 0 Å². The van der Waals surface area contributed by atoms with Crippen LogP contribution in [0.3, 0.4) is 0 Å². The summed E-state index contributed by atoms with van der Waals surface area (Å²) in [5, 5.41) is 15.4. The largest absolute Gasteiger partial charge is 0.396 e. The molecule has 0 saturated heterocycles. The van der Waals surface area contributed by atoms with Gasteiger partial charge in [-0.3, -0.25) is 4.79 Å². The first-order chi connectivity index (χ1) is 8.68. The molecule has 0 aromatic heterocycles. The lowest BCUT2D eigenvalue weighted by Gasteiger charge is -2.33. The zero-order chi connectivity index (χ0) is 15.1. The Labute approximate surface area is 118 Å². The summed E-state index contributed by atoms with van der Waals surface area (Å²) in [5.74, 6) is 0.633. The van der Waals surface area contributed by atoms with Gasteiger partial charge in [-0.15, -0.1) is 0 Å². The number of aliphatic hydroxyl groups is 1. The Morgan fingerprint density at radius 1 is 1.16 bits per heavy atom. The number of amides is 1. The fourth-order valence-corrected chi connectivity index (χ4v) is 1.91. The Balaban J connectivity index is 4.24. The van der Waals surface area contributed by atoms with E-state index in [0.717, 1.165) is 13.0 Å². The molecule has 0 aliphatic heterocycles. The molecule has 19 heavy (non-hydrogen) atoms. The Morgan fingerprint density at radius 2 is 1.74 bits per heavy atom. The summed E-state index contributed by atoms with van der Waals surface area (Å²) in [7, 11) is 0. The number of hydrogen-bond acceptors (Lipinski definition) is 3. The predicted molar refractivity (Wildman–Crippen MR) is 80.0 cm³/mol. The molecule has 0 saturated carbocycles. The van der Waals surface area contributed by atoms with Crippen molar-refractivity contribution in [3.05, 3.63) is 0 Å². The molecular formula is C15H32N2O2. The third kappa shape index (κ3) is 8.22. The van der Waals surface area contributed by atoms with Gasteiger partial charge in [0.2, 0.25) is 5.91 Å². The van der Waals surface area contributed by atoms with Crippen LogP contribution < -0.4 is 10.6 Å². The van der Waals surface area contributed by atoms with Gasteiger partial charge in [0.05, 0.1) is 6.04 Å². The van der Waals surface area contributed by atoms with E-state index in [2.05, 4.69) is 45.3 Å². The zero-order valence-corrected chi connectivity index (χ0v) is 13.4. The van der Waals surface area contributed by atoms with Gasteiger partial charge < -0.3 is 15.7 Å². The minimum atomic E-state index is -0.233. The Morgan fingerprint density at radius 3 is 2.16 bits per heavy atom. The summed E-state index contributed by atoms with van der Waals surface area (Å²) < 4.78 is 0. The van der Waals surface area contributed by atoms with Crippen LogP contribution in [0.1, 0.15) is 54.4 Å². The van der Waals surface area contributed by atoms with Crippen LogP contribution in [0.4, 0.5) is 0 Å². The SMILES string of the molecule is CC(C)CCNC(=O)C(C)NC(CCO)C(C)(C)C. The first-order valence-electron chi connectivity index (χ1n) is 7.33. The van der Waals surface area contributed by atoms with Crippen LogP contribution in [-0.4, -0.2) is 36.2 Å². The second-order valence-electron chi connectivity index (χ2n) is 6.79. The van der Waals surface area contributed by atoms with E-state index >= 15 is 0 Å². The average molecular weight is 272 g/mol. The van der Waals surface area contributed by atoms with Gasteiger partial charge in [-0.1, -0.05) is 34.6 Å². The monoisotopic (exact) mass is 272 g/mol. The fraction of sp³-hybridized carbons (Fsp3) is 0.933. The van der Waals surface area contributed by atoms with Crippen LogP contribution in [0.25, 0.3) is 0 Å². The molecular weight excluding hydrogens is 240 g/mol. The smallest absolute Gasteiger partial charge is 0.236 e. The molecule has 2 unspecified atom stereocenters. The van der Waals surface area contributed by atoms with Gasteiger partial charge in [0.15, 0.2) is 0 Å². The van der Waals surface area contributed by atoms with Crippen molar-refractivity contribution in [2.45, 2.75) is 66.5 Å². The molecule has 0 fully saturated rings. The van der Waals surface area contributed by atoms with Crippen LogP contribution in [0, 0.1) is 11.3 Å². The quantitative estimate of drug-likeness (QED) is 0.632. The molecule has 114 valence electrons. The molecule has 4 heteroatoms. The van der Waals surface area contributed by atoms with E-state index in [0.29, 0.717) is 12.3 Å². The van der Waals surface area contributed by atoms with Crippen molar-refractivity contribution >= 4 is 5.91 Å². The van der Waals surface area contributed by atoms with E-state index in [1.54, 1.807) is 0 Å². The summed E-state index contributed by atoms with van der Waals surface area (Å²) in [5.41, 5.74) is 0.0230. The lowest BCUT2D eigenvalue weighted by molar-refractivity contribution is -0.123. The Kier molecular flexibility index (Phi) is 8.26. The number of nitrogens with one attached hydrogen (secondary N) is 2. The zero-order valence-electron chi connectivity index (χ0n) is 13.4. The summed E-state index contributed by atoms with van der Waals surface area (Å²) in [4.78, 5) is 12.0. The molecule has 3 N–H and O–H groups in total. The average Bonchev–Trinajstić information content (AvgIpc) is 2.26.